The first-order valence-corrected chi connectivity index (χ1v) is 7.18. The molecule has 0 spiro atoms. The zero-order valence-electron chi connectivity index (χ0n) is 10.2. The fourth-order valence-corrected chi connectivity index (χ4v) is 2.74. The Hall–Kier alpha value is -0.910. The third-order valence-corrected chi connectivity index (χ3v) is 3.79. The number of rotatable bonds is 2. The number of benzene rings is 1. The number of fused-ring (bicyclic) bond motifs is 1. The average Bonchev–Trinajstić information content (AvgIpc) is 2.57. The van der Waals surface area contributed by atoms with Gasteiger partial charge in [-0.25, -0.2) is 4.98 Å². The second-order valence-electron chi connectivity index (χ2n) is 4.72. The minimum Gasteiger partial charge on any atom is -0.341 e. The van der Waals surface area contributed by atoms with E-state index < -0.39 is 0 Å². The summed E-state index contributed by atoms with van der Waals surface area (Å²) in [6.07, 6.45) is 1.21. The lowest BCUT2D eigenvalue weighted by Crippen LogP contribution is -2.28. The Morgan fingerprint density at radius 1 is 1.28 bits per heavy atom. The van der Waals surface area contributed by atoms with Crippen molar-refractivity contribution >= 4 is 27.0 Å². The van der Waals surface area contributed by atoms with Crippen molar-refractivity contribution in [2.24, 2.45) is 0 Å². The van der Waals surface area contributed by atoms with Crippen molar-refractivity contribution in [2.75, 3.05) is 26.2 Å². The first kappa shape index (κ1) is 12.1. The summed E-state index contributed by atoms with van der Waals surface area (Å²) in [7, 11) is 0. The van der Waals surface area contributed by atoms with Gasteiger partial charge in [-0.15, -0.1) is 0 Å². The largest absolute Gasteiger partial charge is 0.341 e. The van der Waals surface area contributed by atoms with Crippen LogP contribution in [0.2, 0.25) is 0 Å². The van der Waals surface area contributed by atoms with Gasteiger partial charge >= 0.3 is 0 Å². The second kappa shape index (κ2) is 5.38. The molecule has 1 aliphatic rings. The molecule has 0 saturated carbocycles. The number of halogens is 1. The highest BCUT2D eigenvalue weighted by atomic mass is 79.9. The zero-order valence-corrected chi connectivity index (χ0v) is 11.8. The van der Waals surface area contributed by atoms with Gasteiger partial charge < -0.3 is 10.3 Å². The molecule has 0 atom stereocenters. The number of hydrogen-bond acceptors (Lipinski definition) is 3. The third-order valence-electron chi connectivity index (χ3n) is 3.30. The van der Waals surface area contributed by atoms with Gasteiger partial charge in [0.2, 0.25) is 0 Å². The highest BCUT2D eigenvalue weighted by molar-refractivity contribution is 9.10. The molecule has 5 heteroatoms. The molecule has 0 radical (unpaired) electrons. The van der Waals surface area contributed by atoms with Crippen molar-refractivity contribution in [3.63, 3.8) is 0 Å². The molecular formula is C13H17BrN4. The lowest BCUT2D eigenvalue weighted by molar-refractivity contribution is 0.278. The quantitative estimate of drug-likeness (QED) is 0.893. The maximum atomic E-state index is 4.64. The van der Waals surface area contributed by atoms with Gasteiger partial charge in [-0.3, -0.25) is 4.90 Å². The molecule has 0 unspecified atom stereocenters. The molecule has 3 rings (SSSR count). The van der Waals surface area contributed by atoms with Crippen LogP contribution < -0.4 is 5.32 Å². The molecule has 2 aromatic rings. The van der Waals surface area contributed by atoms with E-state index >= 15 is 0 Å². The number of imidazole rings is 1. The molecule has 1 aromatic heterocycles. The Morgan fingerprint density at radius 3 is 3.17 bits per heavy atom. The summed E-state index contributed by atoms with van der Waals surface area (Å²) in [5.41, 5.74) is 2.15. The predicted octanol–water partition coefficient (Wildman–Crippen LogP) is 2.12. The van der Waals surface area contributed by atoms with E-state index in [2.05, 4.69) is 42.2 Å². The number of H-pyrrole nitrogens is 1. The van der Waals surface area contributed by atoms with Crippen LogP contribution in [0.1, 0.15) is 12.2 Å². The molecule has 96 valence electrons. The molecule has 18 heavy (non-hydrogen) atoms. The molecule has 0 amide bonds. The van der Waals surface area contributed by atoms with Gasteiger partial charge in [0, 0.05) is 17.6 Å². The van der Waals surface area contributed by atoms with Crippen molar-refractivity contribution in [3.8, 4) is 0 Å². The average molecular weight is 309 g/mol. The van der Waals surface area contributed by atoms with Crippen molar-refractivity contribution in [1.82, 2.24) is 20.2 Å². The zero-order chi connectivity index (χ0) is 12.4. The Balaban J connectivity index is 1.77. The van der Waals surface area contributed by atoms with Gasteiger partial charge in [-0.05, 0) is 37.7 Å². The minimum absolute atomic E-state index is 0.911. The lowest BCUT2D eigenvalue weighted by atomic mass is 10.3. The molecule has 1 aliphatic heterocycles. The summed E-state index contributed by atoms with van der Waals surface area (Å²) in [6.45, 7) is 5.36. The summed E-state index contributed by atoms with van der Waals surface area (Å²) in [5, 5.41) is 3.42. The van der Waals surface area contributed by atoms with E-state index in [1.807, 2.05) is 12.1 Å². The van der Waals surface area contributed by atoms with Crippen molar-refractivity contribution in [3.05, 3.63) is 28.5 Å². The van der Waals surface area contributed by atoms with E-state index in [9.17, 15) is 0 Å². The molecular weight excluding hydrogens is 292 g/mol. The highest BCUT2D eigenvalue weighted by Crippen LogP contribution is 2.18. The third kappa shape index (κ3) is 2.74. The van der Waals surface area contributed by atoms with Crippen molar-refractivity contribution < 1.29 is 0 Å². The summed E-state index contributed by atoms with van der Waals surface area (Å²) in [6, 6.07) is 6.15. The van der Waals surface area contributed by atoms with E-state index in [0.717, 1.165) is 54.1 Å². The van der Waals surface area contributed by atoms with E-state index in [1.165, 1.54) is 6.42 Å². The maximum absolute atomic E-state index is 4.64. The summed E-state index contributed by atoms with van der Waals surface area (Å²) in [5.74, 6) is 1.06. The molecule has 1 fully saturated rings. The predicted molar refractivity (Wildman–Crippen MR) is 76.6 cm³/mol. The topological polar surface area (TPSA) is 44.0 Å². The van der Waals surface area contributed by atoms with Crippen LogP contribution in [-0.4, -0.2) is 41.0 Å². The SMILES string of the molecule is Brc1ccc2nc(CN3CCCNCC3)[nH]c2c1. The van der Waals surface area contributed by atoms with Crippen LogP contribution in [0.4, 0.5) is 0 Å². The van der Waals surface area contributed by atoms with Gasteiger partial charge in [-0.2, -0.15) is 0 Å². The van der Waals surface area contributed by atoms with Crippen LogP contribution in [0.25, 0.3) is 11.0 Å². The first-order chi connectivity index (χ1) is 8.81. The summed E-state index contributed by atoms with van der Waals surface area (Å²) in [4.78, 5) is 10.5. The van der Waals surface area contributed by atoms with Crippen LogP contribution in [0.15, 0.2) is 22.7 Å². The molecule has 4 nitrogen and oxygen atoms in total. The minimum atomic E-state index is 0.911. The van der Waals surface area contributed by atoms with Gasteiger partial charge in [0.05, 0.1) is 17.6 Å². The van der Waals surface area contributed by atoms with Crippen LogP contribution in [0, 0.1) is 0 Å². The molecule has 0 bridgehead atoms. The number of nitrogens with zero attached hydrogens (tertiary/aromatic N) is 2. The van der Waals surface area contributed by atoms with E-state index in [0.29, 0.717) is 0 Å². The van der Waals surface area contributed by atoms with Crippen molar-refractivity contribution in [2.45, 2.75) is 13.0 Å². The number of hydrogen-bond donors (Lipinski definition) is 2. The Kier molecular flexibility index (Phi) is 3.63. The first-order valence-electron chi connectivity index (χ1n) is 6.38. The molecule has 1 saturated heterocycles. The summed E-state index contributed by atoms with van der Waals surface area (Å²) < 4.78 is 1.09. The van der Waals surface area contributed by atoms with E-state index in [1.54, 1.807) is 0 Å². The second-order valence-corrected chi connectivity index (χ2v) is 5.64. The maximum Gasteiger partial charge on any atom is 0.121 e. The lowest BCUT2D eigenvalue weighted by Gasteiger charge is -2.17. The molecule has 0 aliphatic carbocycles. The van der Waals surface area contributed by atoms with Gasteiger partial charge in [0.15, 0.2) is 0 Å². The van der Waals surface area contributed by atoms with Crippen LogP contribution >= 0.6 is 15.9 Å². The Morgan fingerprint density at radius 2 is 2.22 bits per heavy atom. The van der Waals surface area contributed by atoms with Crippen LogP contribution in [-0.2, 0) is 6.54 Å². The Bertz CT molecular complexity index is 529. The standard InChI is InChI=1S/C13H17BrN4/c14-10-2-3-11-12(8-10)17-13(16-11)9-18-6-1-4-15-5-7-18/h2-3,8,15H,1,4-7,9H2,(H,16,17). The fourth-order valence-electron chi connectivity index (χ4n) is 2.38. The van der Waals surface area contributed by atoms with E-state index in [4.69, 9.17) is 0 Å². The van der Waals surface area contributed by atoms with Gasteiger partial charge in [-0.1, -0.05) is 15.9 Å². The fraction of sp³-hybridized carbons (Fsp3) is 0.462. The number of aromatic amines is 1. The monoisotopic (exact) mass is 308 g/mol. The molecule has 2 heterocycles. The summed E-state index contributed by atoms with van der Waals surface area (Å²) >= 11 is 3.48. The van der Waals surface area contributed by atoms with Gasteiger partial charge in [0.1, 0.15) is 5.82 Å². The smallest absolute Gasteiger partial charge is 0.121 e. The number of aromatic nitrogens is 2. The number of nitrogens with one attached hydrogen (secondary N) is 2. The Labute approximate surface area is 115 Å². The van der Waals surface area contributed by atoms with Crippen molar-refractivity contribution in [1.29, 1.82) is 0 Å². The highest BCUT2D eigenvalue weighted by Gasteiger charge is 2.11. The van der Waals surface area contributed by atoms with Crippen LogP contribution in [0.3, 0.4) is 0 Å². The normalized spacial score (nSPS) is 18.1. The molecule has 2 N–H and O–H groups in total. The molecule has 1 aromatic carbocycles. The van der Waals surface area contributed by atoms with Gasteiger partial charge in [0.25, 0.3) is 0 Å². The van der Waals surface area contributed by atoms with Crippen LogP contribution in [0.5, 0.6) is 0 Å². The van der Waals surface area contributed by atoms with E-state index in [-0.39, 0.29) is 0 Å².